The van der Waals surface area contributed by atoms with Crippen molar-refractivity contribution in [1.29, 1.82) is 0 Å². The number of nitro groups is 1. The topological polar surface area (TPSA) is 58.4 Å². The molecule has 5 nitrogen and oxygen atoms in total. The molecular weight excluding hydrogens is 273 g/mol. The van der Waals surface area contributed by atoms with Gasteiger partial charge < -0.3 is 10.2 Å². The van der Waals surface area contributed by atoms with Crippen molar-refractivity contribution in [1.82, 2.24) is 4.90 Å². The summed E-state index contributed by atoms with van der Waals surface area (Å²) in [6.07, 6.45) is 1.84. The molecule has 19 heavy (non-hydrogen) atoms. The molecule has 0 saturated heterocycles. The van der Waals surface area contributed by atoms with Crippen LogP contribution in [-0.4, -0.2) is 37.0 Å². The minimum atomic E-state index is -0.786. The normalized spacial score (nSPS) is 10.8. The number of hydrogen-bond acceptors (Lipinski definition) is 4. The molecule has 0 aliphatic rings. The Hall–Kier alpha value is -1.40. The highest BCUT2D eigenvalue weighted by Gasteiger charge is 2.17. The highest BCUT2D eigenvalue weighted by molar-refractivity contribution is 6.31. The molecule has 0 unspecified atom stereocenters. The van der Waals surface area contributed by atoms with E-state index in [2.05, 4.69) is 10.2 Å². The van der Waals surface area contributed by atoms with Crippen LogP contribution in [0.3, 0.4) is 0 Å². The Morgan fingerprint density at radius 3 is 2.68 bits per heavy atom. The van der Waals surface area contributed by atoms with E-state index in [1.54, 1.807) is 0 Å². The van der Waals surface area contributed by atoms with Crippen molar-refractivity contribution in [2.24, 2.45) is 0 Å². The number of nitrogens with one attached hydrogen (secondary N) is 1. The first kappa shape index (κ1) is 15.7. The Labute approximate surface area is 116 Å². The maximum absolute atomic E-state index is 13.2. The number of hydrogen-bond donors (Lipinski definition) is 1. The molecular formula is C12H17ClFN3O2. The zero-order valence-electron chi connectivity index (χ0n) is 10.9. The first-order valence-corrected chi connectivity index (χ1v) is 6.31. The van der Waals surface area contributed by atoms with E-state index in [9.17, 15) is 14.5 Å². The number of anilines is 1. The van der Waals surface area contributed by atoms with Gasteiger partial charge in [0, 0.05) is 6.54 Å². The summed E-state index contributed by atoms with van der Waals surface area (Å²) >= 11 is 5.63. The molecule has 0 aromatic heterocycles. The molecule has 1 aromatic carbocycles. The molecule has 0 spiro atoms. The van der Waals surface area contributed by atoms with Crippen LogP contribution in [-0.2, 0) is 0 Å². The zero-order chi connectivity index (χ0) is 14.4. The second kappa shape index (κ2) is 7.25. The Balaban J connectivity index is 2.62. The molecule has 0 heterocycles. The van der Waals surface area contributed by atoms with E-state index in [1.165, 1.54) is 6.07 Å². The lowest BCUT2D eigenvalue weighted by Crippen LogP contribution is -2.14. The van der Waals surface area contributed by atoms with Crippen LogP contribution < -0.4 is 5.32 Å². The quantitative estimate of drug-likeness (QED) is 0.476. The highest BCUT2D eigenvalue weighted by atomic mass is 35.5. The predicted molar refractivity (Wildman–Crippen MR) is 74.3 cm³/mol. The fraction of sp³-hybridized carbons (Fsp3) is 0.500. The van der Waals surface area contributed by atoms with Gasteiger partial charge in [-0.1, -0.05) is 11.6 Å². The lowest BCUT2D eigenvalue weighted by molar-refractivity contribution is -0.384. The number of rotatable bonds is 7. The number of nitro benzene ring substituents is 1. The monoisotopic (exact) mass is 289 g/mol. The van der Waals surface area contributed by atoms with Crippen molar-refractivity contribution >= 4 is 23.0 Å². The van der Waals surface area contributed by atoms with Crippen molar-refractivity contribution in [3.05, 3.63) is 33.1 Å². The van der Waals surface area contributed by atoms with Gasteiger partial charge in [0.25, 0.3) is 5.69 Å². The van der Waals surface area contributed by atoms with Gasteiger partial charge in [0.2, 0.25) is 0 Å². The van der Waals surface area contributed by atoms with Gasteiger partial charge in [0.05, 0.1) is 16.0 Å². The summed E-state index contributed by atoms with van der Waals surface area (Å²) in [6, 6.07) is 2.09. The van der Waals surface area contributed by atoms with Crippen LogP contribution in [0, 0.1) is 15.9 Å². The lowest BCUT2D eigenvalue weighted by Gasteiger charge is -2.10. The van der Waals surface area contributed by atoms with Crippen LogP contribution >= 0.6 is 11.6 Å². The van der Waals surface area contributed by atoms with Crippen molar-refractivity contribution in [3.63, 3.8) is 0 Å². The van der Waals surface area contributed by atoms with Crippen molar-refractivity contribution in [2.45, 2.75) is 12.8 Å². The van der Waals surface area contributed by atoms with Crippen LogP contribution in [0.1, 0.15) is 12.8 Å². The molecule has 0 saturated carbocycles. The third kappa shape index (κ3) is 5.00. The number of benzene rings is 1. The Bertz CT molecular complexity index is 455. The zero-order valence-corrected chi connectivity index (χ0v) is 11.7. The standard InChI is InChI=1S/C12H17ClFN3O2/c1-16(2)6-4-3-5-15-11-7-9(13)10(14)8-12(11)17(18)19/h7-8,15H,3-6H2,1-2H3. The van der Waals surface area contributed by atoms with Gasteiger partial charge in [-0.15, -0.1) is 0 Å². The molecule has 0 aliphatic heterocycles. The average Bonchev–Trinajstić information content (AvgIpc) is 2.32. The predicted octanol–water partition coefficient (Wildman–Crippen LogP) is 3.14. The van der Waals surface area contributed by atoms with E-state index < -0.39 is 10.7 Å². The Morgan fingerprint density at radius 1 is 1.42 bits per heavy atom. The van der Waals surface area contributed by atoms with E-state index in [4.69, 9.17) is 11.6 Å². The summed E-state index contributed by atoms with van der Waals surface area (Å²) in [7, 11) is 3.97. The largest absolute Gasteiger partial charge is 0.379 e. The molecule has 1 N–H and O–H groups in total. The van der Waals surface area contributed by atoms with E-state index in [0.29, 0.717) is 6.54 Å². The van der Waals surface area contributed by atoms with Gasteiger partial charge in [-0.2, -0.15) is 0 Å². The maximum atomic E-state index is 13.2. The van der Waals surface area contributed by atoms with Crippen LogP contribution in [0.25, 0.3) is 0 Å². The molecule has 0 amide bonds. The number of unbranched alkanes of at least 4 members (excludes halogenated alkanes) is 1. The van der Waals surface area contributed by atoms with E-state index in [-0.39, 0.29) is 16.4 Å². The summed E-state index contributed by atoms with van der Waals surface area (Å²) in [5, 5.41) is 13.6. The molecule has 0 aliphatic carbocycles. The molecule has 0 bridgehead atoms. The summed E-state index contributed by atoms with van der Waals surface area (Å²) in [5.74, 6) is -0.786. The molecule has 1 rings (SSSR count). The summed E-state index contributed by atoms with van der Waals surface area (Å²) < 4.78 is 13.2. The van der Waals surface area contributed by atoms with Gasteiger partial charge in [-0.25, -0.2) is 4.39 Å². The molecule has 0 fully saturated rings. The average molecular weight is 290 g/mol. The van der Waals surface area contributed by atoms with Gasteiger partial charge in [-0.3, -0.25) is 10.1 Å². The van der Waals surface area contributed by atoms with Gasteiger partial charge in [0.1, 0.15) is 11.5 Å². The van der Waals surface area contributed by atoms with E-state index in [1.807, 2.05) is 14.1 Å². The fourth-order valence-electron chi connectivity index (χ4n) is 1.61. The van der Waals surface area contributed by atoms with Crippen molar-refractivity contribution in [3.8, 4) is 0 Å². The minimum absolute atomic E-state index is 0.124. The first-order valence-electron chi connectivity index (χ1n) is 5.94. The Morgan fingerprint density at radius 2 is 2.11 bits per heavy atom. The highest BCUT2D eigenvalue weighted by Crippen LogP contribution is 2.30. The summed E-state index contributed by atoms with van der Waals surface area (Å²) in [5.41, 5.74) is -0.0456. The van der Waals surface area contributed by atoms with E-state index >= 15 is 0 Å². The van der Waals surface area contributed by atoms with Crippen molar-refractivity contribution < 1.29 is 9.31 Å². The Kier molecular flexibility index (Phi) is 5.98. The molecule has 7 heteroatoms. The van der Waals surface area contributed by atoms with Gasteiger partial charge in [-0.05, 0) is 39.5 Å². The summed E-state index contributed by atoms with van der Waals surface area (Å²) in [6.45, 7) is 1.53. The van der Waals surface area contributed by atoms with Gasteiger partial charge >= 0.3 is 0 Å². The minimum Gasteiger partial charge on any atom is -0.379 e. The lowest BCUT2D eigenvalue weighted by atomic mass is 10.2. The molecule has 0 atom stereocenters. The maximum Gasteiger partial charge on any atom is 0.295 e. The van der Waals surface area contributed by atoms with Crippen LogP contribution in [0.2, 0.25) is 5.02 Å². The van der Waals surface area contributed by atoms with Gasteiger partial charge in [0.15, 0.2) is 0 Å². The third-order valence-electron chi connectivity index (χ3n) is 2.58. The smallest absolute Gasteiger partial charge is 0.295 e. The fourth-order valence-corrected chi connectivity index (χ4v) is 1.77. The third-order valence-corrected chi connectivity index (χ3v) is 2.87. The molecule has 1 aromatic rings. The van der Waals surface area contributed by atoms with Crippen LogP contribution in [0.15, 0.2) is 12.1 Å². The first-order chi connectivity index (χ1) is 8.91. The number of nitrogens with zero attached hydrogens (tertiary/aromatic N) is 2. The molecule has 106 valence electrons. The van der Waals surface area contributed by atoms with Crippen molar-refractivity contribution in [2.75, 3.05) is 32.5 Å². The second-order valence-corrected chi connectivity index (χ2v) is 4.88. The SMILES string of the molecule is CN(C)CCCCNc1cc(Cl)c(F)cc1[N+](=O)[O-]. The second-order valence-electron chi connectivity index (χ2n) is 4.48. The number of halogens is 2. The van der Waals surface area contributed by atoms with E-state index in [0.717, 1.165) is 25.5 Å². The molecule has 0 radical (unpaired) electrons. The van der Waals surface area contributed by atoms with Crippen LogP contribution in [0.4, 0.5) is 15.8 Å². The van der Waals surface area contributed by atoms with Crippen LogP contribution in [0.5, 0.6) is 0 Å². The summed E-state index contributed by atoms with van der Waals surface area (Å²) in [4.78, 5) is 12.3.